The van der Waals surface area contributed by atoms with Crippen molar-refractivity contribution in [3.05, 3.63) is 12.2 Å². The van der Waals surface area contributed by atoms with Crippen LogP contribution in [0.4, 0.5) is 0 Å². The van der Waals surface area contributed by atoms with Gasteiger partial charge in [0.25, 0.3) is 0 Å². The van der Waals surface area contributed by atoms with Gasteiger partial charge < -0.3 is 15.5 Å². The molecule has 2 amide bonds. The molecule has 2 atom stereocenters. The van der Waals surface area contributed by atoms with E-state index < -0.39 is 6.04 Å². The Balaban J connectivity index is 4.42. The number of likely N-dealkylation sites (N-methyl/N-ethyl adjacent to an activating group) is 1. The summed E-state index contributed by atoms with van der Waals surface area (Å²) in [5.41, 5.74) is 0. The molecule has 7 heteroatoms. The molecule has 0 heterocycles. The summed E-state index contributed by atoms with van der Waals surface area (Å²) < 4.78 is 0. The molecule has 0 aromatic carbocycles. The van der Waals surface area contributed by atoms with Gasteiger partial charge in [-0.25, -0.2) is 0 Å². The van der Waals surface area contributed by atoms with Crippen molar-refractivity contribution in [1.82, 2.24) is 15.5 Å². The van der Waals surface area contributed by atoms with E-state index in [0.29, 0.717) is 25.1 Å². The second kappa shape index (κ2) is 32.6. The number of unbranched alkanes of at least 4 members (excludes halogenated alkanes) is 15. The molecule has 0 bridgehead atoms. The predicted molar refractivity (Wildman–Crippen MR) is 197 cm³/mol. The lowest BCUT2D eigenvalue weighted by Gasteiger charge is -2.23. The number of hydrogen-bond donors (Lipinski definition) is 2. The number of allylic oxidation sites excluding steroid dienone is 2. The fourth-order valence-electron chi connectivity index (χ4n) is 5.46. The maximum atomic E-state index is 13.3. The first kappa shape index (κ1) is 43.7. The van der Waals surface area contributed by atoms with Gasteiger partial charge in [-0.1, -0.05) is 135 Å². The van der Waals surface area contributed by atoms with Crippen LogP contribution in [0.3, 0.4) is 0 Å². The number of nitrogens with one attached hydrogen (secondary N) is 2. The van der Waals surface area contributed by atoms with Crippen LogP contribution in [0.15, 0.2) is 12.2 Å². The Morgan fingerprint density at radius 1 is 0.644 bits per heavy atom. The lowest BCUT2D eigenvalue weighted by Crippen LogP contribution is -2.49. The molecular formula is C38H73N3O3S. The minimum absolute atomic E-state index is 0.00247. The van der Waals surface area contributed by atoms with E-state index in [4.69, 9.17) is 0 Å². The average molecular weight is 652 g/mol. The molecule has 0 aliphatic heterocycles. The Labute approximate surface area is 283 Å². The molecule has 0 aliphatic carbocycles. The van der Waals surface area contributed by atoms with Crippen LogP contribution in [0.2, 0.25) is 0 Å². The van der Waals surface area contributed by atoms with Crippen molar-refractivity contribution in [2.45, 2.75) is 174 Å². The number of carbonyl (C=O) groups is 3. The fraction of sp³-hybridized carbons (Fsp3) is 0.868. The molecule has 0 aromatic rings. The second-order valence-corrected chi connectivity index (χ2v) is 14.3. The minimum atomic E-state index is -0.598. The largest absolute Gasteiger partial charge is 0.353 e. The highest BCUT2D eigenvalue weighted by atomic mass is 32.2. The normalized spacial score (nSPS) is 12.9. The molecule has 2 N–H and O–H groups in total. The van der Waals surface area contributed by atoms with Gasteiger partial charge in [0.2, 0.25) is 11.8 Å². The van der Waals surface area contributed by atoms with Gasteiger partial charge in [-0.05, 0) is 65.5 Å². The van der Waals surface area contributed by atoms with Crippen LogP contribution >= 0.6 is 11.8 Å². The quantitative estimate of drug-likeness (QED) is 0.0559. The van der Waals surface area contributed by atoms with Crippen molar-refractivity contribution in [2.24, 2.45) is 5.92 Å². The number of thioether (sulfide) groups is 1. The van der Waals surface area contributed by atoms with E-state index in [0.717, 1.165) is 57.9 Å². The molecule has 264 valence electrons. The number of rotatable bonds is 32. The van der Waals surface area contributed by atoms with Crippen LogP contribution in [-0.2, 0) is 14.4 Å². The molecule has 45 heavy (non-hydrogen) atoms. The zero-order chi connectivity index (χ0) is 33.4. The fourth-order valence-corrected chi connectivity index (χ4v) is 6.33. The summed E-state index contributed by atoms with van der Waals surface area (Å²) in [7, 11) is 3.95. The first-order valence-corrected chi connectivity index (χ1v) is 19.9. The Kier molecular flexibility index (Phi) is 31.6. The molecule has 0 saturated carbocycles. The highest BCUT2D eigenvalue weighted by Gasteiger charge is 2.25. The average Bonchev–Trinajstić information content (AvgIpc) is 3.01. The van der Waals surface area contributed by atoms with E-state index in [1.165, 1.54) is 95.2 Å². The van der Waals surface area contributed by atoms with Crippen LogP contribution in [0, 0.1) is 5.92 Å². The lowest BCUT2D eigenvalue weighted by molar-refractivity contribution is -0.131. The maximum Gasteiger partial charge on any atom is 0.242 e. The van der Waals surface area contributed by atoms with Crippen LogP contribution < -0.4 is 10.6 Å². The summed E-state index contributed by atoms with van der Waals surface area (Å²) in [4.78, 5) is 40.9. The Morgan fingerprint density at radius 3 is 1.78 bits per heavy atom. The minimum Gasteiger partial charge on any atom is -0.353 e. The summed E-state index contributed by atoms with van der Waals surface area (Å²) in [6.45, 7) is 7.89. The van der Waals surface area contributed by atoms with Crippen molar-refractivity contribution < 1.29 is 14.4 Å². The smallest absolute Gasteiger partial charge is 0.242 e. The summed E-state index contributed by atoms with van der Waals surface area (Å²) in [5.74, 6) is 0.355. The van der Waals surface area contributed by atoms with Crippen molar-refractivity contribution >= 4 is 28.7 Å². The van der Waals surface area contributed by atoms with Gasteiger partial charge in [-0.15, -0.1) is 0 Å². The molecular weight excluding hydrogens is 579 g/mol. The number of nitrogens with zero attached hydrogens (tertiary/aromatic N) is 1. The molecule has 0 saturated heterocycles. The highest BCUT2D eigenvalue weighted by Crippen LogP contribution is 2.19. The summed E-state index contributed by atoms with van der Waals surface area (Å²) in [5, 5.41) is 6.27. The maximum absolute atomic E-state index is 13.3. The van der Waals surface area contributed by atoms with Crippen molar-refractivity contribution in [3.63, 3.8) is 0 Å². The molecule has 2 unspecified atom stereocenters. The van der Waals surface area contributed by atoms with E-state index in [1.807, 2.05) is 19.0 Å². The van der Waals surface area contributed by atoms with Crippen molar-refractivity contribution in [2.75, 3.05) is 32.9 Å². The van der Waals surface area contributed by atoms with Crippen molar-refractivity contribution in [1.29, 1.82) is 0 Å². The standard InChI is InChI=1S/C38H73N3O3S/c1-6-9-12-14-15-16-17-18-19-20-21-22-23-24-26-29-36(42)45-33-30-35(38(44)39-31-32-41(4)5)40-37(43)34(27-11-8-3)28-25-13-10-7-2/h18-19,34-35H,6-17,20-33H2,1-5H3,(H,39,44)(H,40,43)/b19-18-. The Hall–Kier alpha value is -1.34. The second-order valence-electron chi connectivity index (χ2n) is 13.2. The monoisotopic (exact) mass is 652 g/mol. The van der Waals surface area contributed by atoms with Gasteiger partial charge in [-0.3, -0.25) is 14.4 Å². The predicted octanol–water partition coefficient (Wildman–Crippen LogP) is 9.61. The third-order valence-electron chi connectivity index (χ3n) is 8.49. The van der Waals surface area contributed by atoms with Crippen LogP contribution in [0.1, 0.15) is 168 Å². The van der Waals surface area contributed by atoms with Gasteiger partial charge >= 0.3 is 0 Å². The van der Waals surface area contributed by atoms with Crippen LogP contribution in [-0.4, -0.2) is 60.8 Å². The van der Waals surface area contributed by atoms with Gasteiger partial charge in [0.1, 0.15) is 6.04 Å². The topological polar surface area (TPSA) is 78.5 Å². The Bertz CT molecular complexity index is 744. The van der Waals surface area contributed by atoms with Gasteiger partial charge in [0.15, 0.2) is 5.12 Å². The first-order chi connectivity index (χ1) is 21.8. The number of hydrogen-bond acceptors (Lipinski definition) is 5. The van der Waals surface area contributed by atoms with Gasteiger partial charge in [0.05, 0.1) is 0 Å². The summed E-state index contributed by atoms with van der Waals surface area (Å²) >= 11 is 1.32. The van der Waals surface area contributed by atoms with E-state index in [9.17, 15) is 14.4 Å². The number of carbonyl (C=O) groups excluding carboxylic acids is 3. The third kappa shape index (κ3) is 28.6. The lowest BCUT2D eigenvalue weighted by atomic mass is 9.94. The molecule has 0 fully saturated rings. The molecule has 0 aromatic heterocycles. The number of amides is 2. The summed E-state index contributed by atoms with van der Waals surface area (Å²) in [6, 6.07) is -0.598. The van der Waals surface area contributed by atoms with E-state index in [2.05, 4.69) is 43.6 Å². The third-order valence-corrected chi connectivity index (χ3v) is 9.45. The van der Waals surface area contributed by atoms with Gasteiger partial charge in [-0.2, -0.15) is 0 Å². The van der Waals surface area contributed by atoms with Crippen molar-refractivity contribution in [3.8, 4) is 0 Å². The molecule has 0 rings (SSSR count). The van der Waals surface area contributed by atoms with Crippen LogP contribution in [0.25, 0.3) is 0 Å². The molecule has 0 spiro atoms. The Morgan fingerprint density at radius 2 is 1.18 bits per heavy atom. The molecule has 6 nitrogen and oxygen atoms in total. The van der Waals surface area contributed by atoms with E-state index in [-0.39, 0.29) is 22.8 Å². The first-order valence-electron chi connectivity index (χ1n) is 18.9. The summed E-state index contributed by atoms with van der Waals surface area (Å²) in [6.07, 6.45) is 30.4. The zero-order valence-electron chi connectivity index (χ0n) is 30.3. The SMILES string of the molecule is CCCCCCCC/C=C\CCCCCCCC(=O)SCCC(NC(=O)C(CCCC)CCCCCC)C(=O)NCCN(C)C. The zero-order valence-corrected chi connectivity index (χ0v) is 31.1. The van der Waals surface area contributed by atoms with E-state index >= 15 is 0 Å². The molecule has 0 aliphatic rings. The van der Waals surface area contributed by atoms with Crippen LogP contribution in [0.5, 0.6) is 0 Å². The molecule has 0 radical (unpaired) electrons. The van der Waals surface area contributed by atoms with E-state index in [1.54, 1.807) is 0 Å². The van der Waals surface area contributed by atoms with Gasteiger partial charge in [0, 0.05) is 31.2 Å². The highest BCUT2D eigenvalue weighted by molar-refractivity contribution is 8.13.